The fraction of sp³-hybridized carbons (Fsp3) is 0.133. The van der Waals surface area contributed by atoms with E-state index in [2.05, 4.69) is 15.9 Å². The molecule has 0 heterocycles. The van der Waals surface area contributed by atoms with Crippen molar-refractivity contribution < 1.29 is 13.2 Å². The van der Waals surface area contributed by atoms with E-state index in [1.54, 1.807) is 36.4 Å². The molecule has 0 fully saturated rings. The molecule has 0 radical (unpaired) electrons. The van der Waals surface area contributed by atoms with Crippen LogP contribution in [0.1, 0.15) is 15.9 Å². The van der Waals surface area contributed by atoms with Gasteiger partial charge in [0.25, 0.3) is 0 Å². The molecule has 2 aromatic rings. The zero-order valence-electron chi connectivity index (χ0n) is 10.8. The van der Waals surface area contributed by atoms with Gasteiger partial charge in [0.15, 0.2) is 15.6 Å². The molecule has 0 aliphatic rings. The second kappa shape index (κ2) is 5.89. The third-order valence-electron chi connectivity index (χ3n) is 2.84. The van der Waals surface area contributed by atoms with Crippen molar-refractivity contribution >= 4 is 31.6 Å². The highest BCUT2D eigenvalue weighted by Crippen LogP contribution is 2.19. The molecule has 0 N–H and O–H groups in total. The number of aryl methyl sites for hydroxylation is 1. The van der Waals surface area contributed by atoms with Gasteiger partial charge in [-0.3, -0.25) is 4.79 Å². The van der Waals surface area contributed by atoms with E-state index in [-0.39, 0.29) is 4.90 Å². The average Bonchev–Trinajstić information content (AvgIpc) is 2.38. The van der Waals surface area contributed by atoms with E-state index in [1.807, 2.05) is 13.0 Å². The number of carbonyl (C=O) groups is 1. The van der Waals surface area contributed by atoms with Crippen molar-refractivity contribution in [1.82, 2.24) is 0 Å². The van der Waals surface area contributed by atoms with Gasteiger partial charge in [0.1, 0.15) is 5.75 Å². The molecule has 0 bridgehead atoms. The molecule has 0 aliphatic carbocycles. The van der Waals surface area contributed by atoms with Crippen molar-refractivity contribution in [3.63, 3.8) is 0 Å². The Kier molecular flexibility index (Phi) is 4.40. The Morgan fingerprint density at radius 2 is 1.80 bits per heavy atom. The summed E-state index contributed by atoms with van der Waals surface area (Å²) in [5.74, 6) is -0.946. The number of carbonyl (C=O) groups excluding carboxylic acids is 1. The van der Waals surface area contributed by atoms with Gasteiger partial charge < -0.3 is 0 Å². The van der Waals surface area contributed by atoms with Gasteiger partial charge in [-0.2, -0.15) is 0 Å². The molecule has 0 saturated heterocycles. The summed E-state index contributed by atoms with van der Waals surface area (Å²) < 4.78 is 25.1. The Morgan fingerprint density at radius 1 is 1.10 bits per heavy atom. The molecule has 0 spiro atoms. The van der Waals surface area contributed by atoms with Crippen LogP contribution in [0.2, 0.25) is 0 Å². The van der Waals surface area contributed by atoms with Crippen molar-refractivity contribution in [1.29, 1.82) is 0 Å². The number of hydrogen-bond donors (Lipinski definition) is 0. The molecule has 0 aromatic heterocycles. The fourth-order valence-corrected chi connectivity index (χ4v) is 3.65. The summed E-state index contributed by atoms with van der Waals surface area (Å²) in [4.78, 5) is 12.3. The minimum atomic E-state index is -3.62. The zero-order chi connectivity index (χ0) is 14.8. The minimum absolute atomic E-state index is 0.179. The molecular weight excluding hydrogens is 340 g/mol. The van der Waals surface area contributed by atoms with Gasteiger partial charge in [-0.25, -0.2) is 8.42 Å². The number of halogens is 1. The number of sulfone groups is 1. The van der Waals surface area contributed by atoms with Crippen molar-refractivity contribution in [3.05, 3.63) is 64.1 Å². The van der Waals surface area contributed by atoms with Crippen LogP contribution >= 0.6 is 15.9 Å². The maximum atomic E-state index is 12.2. The standard InChI is InChI=1S/C15H13BrO3S/c1-11-5-4-6-12(9-11)20(18,19)10-15(17)13-7-2-3-8-14(13)16/h2-9H,10H2,1H3. The maximum absolute atomic E-state index is 12.2. The zero-order valence-corrected chi connectivity index (χ0v) is 13.2. The highest BCUT2D eigenvalue weighted by Gasteiger charge is 2.21. The molecular formula is C15H13BrO3S. The van der Waals surface area contributed by atoms with Crippen molar-refractivity contribution in [3.8, 4) is 0 Å². The van der Waals surface area contributed by atoms with Gasteiger partial charge in [-0.05, 0) is 30.7 Å². The van der Waals surface area contributed by atoms with Crippen molar-refractivity contribution in [2.75, 3.05) is 5.75 Å². The first kappa shape index (κ1) is 14.9. The summed E-state index contributed by atoms with van der Waals surface area (Å²) in [5.41, 5.74) is 1.23. The Bertz CT molecular complexity index is 751. The highest BCUT2D eigenvalue weighted by atomic mass is 79.9. The lowest BCUT2D eigenvalue weighted by Gasteiger charge is -2.06. The highest BCUT2D eigenvalue weighted by molar-refractivity contribution is 9.10. The van der Waals surface area contributed by atoms with Gasteiger partial charge in [0, 0.05) is 10.0 Å². The minimum Gasteiger partial charge on any atom is -0.293 e. The van der Waals surface area contributed by atoms with Crippen molar-refractivity contribution in [2.45, 2.75) is 11.8 Å². The lowest BCUT2D eigenvalue weighted by atomic mass is 10.1. The Hall–Kier alpha value is -1.46. The second-order valence-electron chi connectivity index (χ2n) is 4.48. The monoisotopic (exact) mass is 352 g/mol. The van der Waals surface area contributed by atoms with E-state index < -0.39 is 21.4 Å². The first-order valence-electron chi connectivity index (χ1n) is 5.97. The molecule has 0 saturated carbocycles. The summed E-state index contributed by atoms with van der Waals surface area (Å²) in [5, 5.41) is 0. The smallest absolute Gasteiger partial charge is 0.185 e. The van der Waals surface area contributed by atoms with Crippen LogP contribution in [0.5, 0.6) is 0 Å². The number of rotatable bonds is 4. The van der Waals surface area contributed by atoms with E-state index in [4.69, 9.17) is 0 Å². The van der Waals surface area contributed by atoms with Crippen LogP contribution in [-0.4, -0.2) is 20.0 Å². The second-order valence-corrected chi connectivity index (χ2v) is 7.32. The Morgan fingerprint density at radius 3 is 2.45 bits per heavy atom. The Labute approximate surface area is 126 Å². The van der Waals surface area contributed by atoms with Gasteiger partial charge in [-0.1, -0.05) is 46.3 Å². The molecule has 0 unspecified atom stereocenters. The first-order valence-corrected chi connectivity index (χ1v) is 8.42. The third-order valence-corrected chi connectivity index (χ3v) is 5.15. The lowest BCUT2D eigenvalue weighted by Crippen LogP contribution is -2.17. The van der Waals surface area contributed by atoms with Gasteiger partial charge in [0.2, 0.25) is 0 Å². The molecule has 2 aromatic carbocycles. The summed E-state index contributed by atoms with van der Waals surface area (Å²) in [6, 6.07) is 13.4. The van der Waals surface area contributed by atoms with Gasteiger partial charge >= 0.3 is 0 Å². The van der Waals surface area contributed by atoms with E-state index >= 15 is 0 Å². The number of Topliss-reactive ketones (excluding diaryl/α,β-unsaturated/α-hetero) is 1. The molecule has 104 valence electrons. The van der Waals surface area contributed by atoms with E-state index in [1.165, 1.54) is 6.07 Å². The van der Waals surface area contributed by atoms with E-state index in [0.717, 1.165) is 5.56 Å². The summed E-state index contributed by atoms with van der Waals surface area (Å²) in [7, 11) is -3.62. The molecule has 0 amide bonds. The quantitative estimate of drug-likeness (QED) is 0.792. The Balaban J connectivity index is 2.30. The molecule has 3 nitrogen and oxygen atoms in total. The largest absolute Gasteiger partial charge is 0.293 e. The van der Waals surface area contributed by atoms with Crippen LogP contribution < -0.4 is 0 Å². The first-order chi connectivity index (χ1) is 9.40. The molecule has 2 rings (SSSR count). The predicted molar refractivity (Wildman–Crippen MR) is 81.7 cm³/mol. The van der Waals surface area contributed by atoms with Crippen LogP contribution in [0, 0.1) is 6.92 Å². The normalized spacial score (nSPS) is 11.3. The van der Waals surface area contributed by atoms with Gasteiger partial charge in [-0.15, -0.1) is 0 Å². The van der Waals surface area contributed by atoms with E-state index in [0.29, 0.717) is 10.0 Å². The van der Waals surface area contributed by atoms with Crippen molar-refractivity contribution in [2.24, 2.45) is 0 Å². The number of ketones is 1. The van der Waals surface area contributed by atoms with E-state index in [9.17, 15) is 13.2 Å². The fourth-order valence-electron chi connectivity index (χ4n) is 1.83. The van der Waals surface area contributed by atoms with Crippen LogP contribution in [0.25, 0.3) is 0 Å². The predicted octanol–water partition coefficient (Wildman–Crippen LogP) is 3.41. The maximum Gasteiger partial charge on any atom is 0.185 e. The van der Waals surface area contributed by atoms with Gasteiger partial charge in [0.05, 0.1) is 4.90 Å². The topological polar surface area (TPSA) is 51.2 Å². The van der Waals surface area contributed by atoms with Crippen LogP contribution in [0.4, 0.5) is 0 Å². The number of hydrogen-bond acceptors (Lipinski definition) is 3. The molecule has 0 aliphatic heterocycles. The molecule has 5 heteroatoms. The summed E-state index contributed by atoms with van der Waals surface area (Å²) in [6.45, 7) is 1.81. The van der Waals surface area contributed by atoms with Crippen LogP contribution in [0.15, 0.2) is 57.9 Å². The third kappa shape index (κ3) is 3.35. The average molecular weight is 353 g/mol. The lowest BCUT2D eigenvalue weighted by molar-refractivity contribution is 0.102. The summed E-state index contributed by atoms with van der Waals surface area (Å²) >= 11 is 3.26. The van der Waals surface area contributed by atoms with Crippen LogP contribution in [0.3, 0.4) is 0 Å². The number of benzene rings is 2. The SMILES string of the molecule is Cc1cccc(S(=O)(=O)CC(=O)c2ccccc2Br)c1. The molecule has 20 heavy (non-hydrogen) atoms. The molecule has 0 atom stereocenters. The van der Waals surface area contributed by atoms with Crippen LogP contribution in [-0.2, 0) is 9.84 Å². The summed E-state index contributed by atoms with van der Waals surface area (Å²) in [6.07, 6.45) is 0.